The standard InChI is InChI=1S/C23H24N2O4S/c1-16-11-13-19(14-12-16)25-30(27,28)20-8-6-7-18(15-20)23(26)24-17(2)21-9-4-5-10-22(21)29-3/h4-15,17,25H,1-3H3,(H,24,26). The number of benzene rings is 3. The van der Waals surface area contributed by atoms with Crippen LogP contribution in [-0.4, -0.2) is 21.4 Å². The number of carbonyl (C=O) groups is 1. The molecule has 0 saturated carbocycles. The van der Waals surface area contributed by atoms with Crippen molar-refractivity contribution in [2.24, 2.45) is 0 Å². The maximum atomic E-state index is 12.7. The lowest BCUT2D eigenvalue weighted by atomic mass is 10.1. The van der Waals surface area contributed by atoms with E-state index in [0.29, 0.717) is 11.4 Å². The van der Waals surface area contributed by atoms with Gasteiger partial charge in [0.25, 0.3) is 15.9 Å². The summed E-state index contributed by atoms with van der Waals surface area (Å²) in [4.78, 5) is 12.8. The minimum atomic E-state index is -3.82. The number of sulfonamides is 1. The number of amides is 1. The van der Waals surface area contributed by atoms with Crippen LogP contribution in [-0.2, 0) is 10.0 Å². The highest BCUT2D eigenvalue weighted by molar-refractivity contribution is 7.92. The Labute approximate surface area is 177 Å². The van der Waals surface area contributed by atoms with Crippen molar-refractivity contribution in [1.29, 1.82) is 0 Å². The molecule has 1 unspecified atom stereocenters. The second-order valence-electron chi connectivity index (χ2n) is 6.94. The molecule has 0 fully saturated rings. The monoisotopic (exact) mass is 424 g/mol. The Bertz CT molecular complexity index is 1140. The molecule has 0 bridgehead atoms. The van der Waals surface area contributed by atoms with Crippen molar-refractivity contribution in [3.63, 3.8) is 0 Å². The number of hydrogen-bond donors (Lipinski definition) is 2. The summed E-state index contributed by atoms with van der Waals surface area (Å²) in [5, 5.41) is 2.89. The van der Waals surface area contributed by atoms with Gasteiger partial charge in [-0.1, -0.05) is 42.0 Å². The molecule has 0 aliphatic heterocycles. The number of anilines is 1. The average Bonchev–Trinajstić information content (AvgIpc) is 2.75. The van der Waals surface area contributed by atoms with Crippen molar-refractivity contribution in [1.82, 2.24) is 5.32 Å². The molecule has 3 rings (SSSR count). The number of rotatable bonds is 7. The molecule has 156 valence electrons. The summed E-state index contributed by atoms with van der Waals surface area (Å²) >= 11 is 0. The fourth-order valence-corrected chi connectivity index (χ4v) is 4.13. The Morgan fingerprint density at radius 2 is 1.67 bits per heavy atom. The van der Waals surface area contributed by atoms with E-state index >= 15 is 0 Å². The minimum absolute atomic E-state index is 0.0145. The number of hydrogen-bond acceptors (Lipinski definition) is 4. The number of nitrogens with one attached hydrogen (secondary N) is 2. The first-order chi connectivity index (χ1) is 14.3. The second kappa shape index (κ2) is 9.00. The number of aryl methyl sites for hydroxylation is 1. The van der Waals surface area contributed by atoms with Gasteiger partial charge in [-0.05, 0) is 50.2 Å². The number of para-hydroxylation sites is 1. The second-order valence-corrected chi connectivity index (χ2v) is 8.62. The molecule has 0 saturated heterocycles. The van der Waals surface area contributed by atoms with Crippen LogP contribution in [0.2, 0.25) is 0 Å². The van der Waals surface area contributed by atoms with Crippen molar-refractivity contribution >= 4 is 21.6 Å². The van der Waals surface area contributed by atoms with Crippen LogP contribution in [0.4, 0.5) is 5.69 Å². The van der Waals surface area contributed by atoms with Gasteiger partial charge >= 0.3 is 0 Å². The lowest BCUT2D eigenvalue weighted by Gasteiger charge is -2.17. The third-order valence-electron chi connectivity index (χ3n) is 4.66. The molecule has 0 aliphatic rings. The molecule has 0 aromatic heterocycles. The molecule has 0 heterocycles. The van der Waals surface area contributed by atoms with Crippen LogP contribution < -0.4 is 14.8 Å². The van der Waals surface area contributed by atoms with Gasteiger partial charge in [-0.2, -0.15) is 0 Å². The quantitative estimate of drug-likeness (QED) is 0.592. The topological polar surface area (TPSA) is 84.5 Å². The predicted molar refractivity (Wildman–Crippen MR) is 117 cm³/mol. The molecule has 3 aromatic carbocycles. The van der Waals surface area contributed by atoms with Crippen LogP contribution in [0, 0.1) is 6.92 Å². The van der Waals surface area contributed by atoms with Crippen molar-refractivity contribution < 1.29 is 17.9 Å². The van der Waals surface area contributed by atoms with Crippen molar-refractivity contribution in [3.05, 3.63) is 89.5 Å². The van der Waals surface area contributed by atoms with Crippen LogP contribution in [0.15, 0.2) is 77.7 Å². The lowest BCUT2D eigenvalue weighted by molar-refractivity contribution is 0.0939. The van der Waals surface area contributed by atoms with Crippen LogP contribution in [0.1, 0.15) is 34.5 Å². The molecule has 6 nitrogen and oxygen atoms in total. The Morgan fingerprint density at radius 3 is 2.37 bits per heavy atom. The maximum absolute atomic E-state index is 12.7. The molecular weight excluding hydrogens is 400 g/mol. The molecule has 0 radical (unpaired) electrons. The van der Waals surface area contributed by atoms with Crippen LogP contribution >= 0.6 is 0 Å². The zero-order valence-corrected chi connectivity index (χ0v) is 17.9. The third-order valence-corrected chi connectivity index (χ3v) is 6.04. The first-order valence-electron chi connectivity index (χ1n) is 9.43. The molecule has 1 amide bonds. The highest BCUT2D eigenvalue weighted by Gasteiger charge is 2.19. The van der Waals surface area contributed by atoms with E-state index < -0.39 is 10.0 Å². The summed E-state index contributed by atoms with van der Waals surface area (Å²) in [6.07, 6.45) is 0. The van der Waals surface area contributed by atoms with Gasteiger partial charge in [0.1, 0.15) is 5.75 Å². The molecule has 0 spiro atoms. The van der Waals surface area contributed by atoms with Gasteiger partial charge in [0.2, 0.25) is 0 Å². The largest absolute Gasteiger partial charge is 0.496 e. The van der Waals surface area contributed by atoms with Gasteiger partial charge in [-0.3, -0.25) is 9.52 Å². The SMILES string of the molecule is COc1ccccc1C(C)NC(=O)c1cccc(S(=O)(=O)Nc2ccc(C)cc2)c1. The highest BCUT2D eigenvalue weighted by Crippen LogP contribution is 2.25. The first kappa shape index (κ1) is 21.4. The Morgan fingerprint density at radius 1 is 0.967 bits per heavy atom. The number of carbonyl (C=O) groups excluding carboxylic acids is 1. The Hall–Kier alpha value is -3.32. The smallest absolute Gasteiger partial charge is 0.261 e. The van der Waals surface area contributed by atoms with Gasteiger partial charge in [0.15, 0.2) is 0 Å². The zero-order valence-electron chi connectivity index (χ0n) is 17.0. The van der Waals surface area contributed by atoms with Gasteiger partial charge < -0.3 is 10.1 Å². The Kier molecular flexibility index (Phi) is 6.42. The summed E-state index contributed by atoms with van der Waals surface area (Å²) in [7, 11) is -2.25. The molecular formula is C23H24N2O4S. The maximum Gasteiger partial charge on any atom is 0.261 e. The lowest BCUT2D eigenvalue weighted by Crippen LogP contribution is -2.27. The van der Waals surface area contributed by atoms with E-state index in [2.05, 4.69) is 10.0 Å². The van der Waals surface area contributed by atoms with Crippen molar-refractivity contribution in [3.8, 4) is 5.75 Å². The van der Waals surface area contributed by atoms with Crippen molar-refractivity contribution in [2.75, 3.05) is 11.8 Å². The average molecular weight is 425 g/mol. The van der Waals surface area contributed by atoms with E-state index in [1.54, 1.807) is 31.4 Å². The Balaban J connectivity index is 1.78. The normalized spacial score (nSPS) is 12.1. The van der Waals surface area contributed by atoms with Gasteiger partial charge in [0, 0.05) is 16.8 Å². The third kappa shape index (κ3) is 4.99. The summed E-state index contributed by atoms with van der Waals surface area (Å²) < 4.78 is 33.3. The first-order valence-corrected chi connectivity index (χ1v) is 10.9. The van der Waals surface area contributed by atoms with Gasteiger partial charge in [-0.25, -0.2) is 8.42 Å². The summed E-state index contributed by atoms with van der Waals surface area (Å²) in [6.45, 7) is 3.77. The minimum Gasteiger partial charge on any atom is -0.496 e. The van der Waals surface area contributed by atoms with E-state index in [-0.39, 0.29) is 22.4 Å². The number of methoxy groups -OCH3 is 1. The van der Waals surface area contributed by atoms with E-state index in [1.165, 1.54) is 12.1 Å². The van der Waals surface area contributed by atoms with Gasteiger partial charge in [0.05, 0.1) is 18.0 Å². The number of ether oxygens (including phenoxy) is 1. The molecule has 7 heteroatoms. The highest BCUT2D eigenvalue weighted by atomic mass is 32.2. The van der Waals surface area contributed by atoms with Crippen LogP contribution in [0.5, 0.6) is 5.75 Å². The fraction of sp³-hybridized carbons (Fsp3) is 0.174. The van der Waals surface area contributed by atoms with Gasteiger partial charge in [-0.15, -0.1) is 0 Å². The summed E-state index contributed by atoms with van der Waals surface area (Å²) in [5.41, 5.74) is 2.57. The molecule has 30 heavy (non-hydrogen) atoms. The fourth-order valence-electron chi connectivity index (χ4n) is 3.02. The van der Waals surface area contributed by atoms with Crippen LogP contribution in [0.3, 0.4) is 0 Å². The van der Waals surface area contributed by atoms with E-state index in [9.17, 15) is 13.2 Å². The van der Waals surface area contributed by atoms with E-state index in [1.807, 2.05) is 50.2 Å². The molecule has 2 N–H and O–H groups in total. The zero-order chi connectivity index (χ0) is 21.7. The summed E-state index contributed by atoms with van der Waals surface area (Å²) in [6, 6.07) is 20.1. The van der Waals surface area contributed by atoms with E-state index in [4.69, 9.17) is 4.74 Å². The van der Waals surface area contributed by atoms with Crippen molar-refractivity contribution in [2.45, 2.75) is 24.8 Å². The van der Waals surface area contributed by atoms with E-state index in [0.717, 1.165) is 11.1 Å². The summed E-state index contributed by atoms with van der Waals surface area (Å²) in [5.74, 6) is 0.296. The molecule has 3 aromatic rings. The van der Waals surface area contributed by atoms with Crippen LogP contribution in [0.25, 0.3) is 0 Å². The molecule has 1 atom stereocenters. The predicted octanol–water partition coefficient (Wildman–Crippen LogP) is 4.30. The molecule has 0 aliphatic carbocycles.